The first-order valence-electron chi connectivity index (χ1n) is 12.8. The molecule has 5 aromatic rings. The minimum absolute atomic E-state index is 0.598. The van der Waals surface area contributed by atoms with E-state index in [1.165, 1.54) is 17.7 Å². The van der Waals surface area contributed by atoms with E-state index in [1.54, 1.807) is 0 Å². The minimum Gasteiger partial charge on any atom is -0.365 e. The number of benzene rings is 2. The van der Waals surface area contributed by atoms with Crippen molar-refractivity contribution >= 4 is 28.2 Å². The summed E-state index contributed by atoms with van der Waals surface area (Å²) in [5, 5.41) is 4.58. The lowest BCUT2D eigenvalue weighted by molar-refractivity contribution is 0.292. The van der Waals surface area contributed by atoms with Gasteiger partial charge in [0.1, 0.15) is 0 Å². The summed E-state index contributed by atoms with van der Waals surface area (Å²) in [6, 6.07) is 22.5. The Morgan fingerprint density at radius 2 is 1.78 bits per heavy atom. The molecule has 0 spiro atoms. The van der Waals surface area contributed by atoms with Gasteiger partial charge < -0.3 is 14.8 Å². The lowest BCUT2D eigenvalue weighted by Gasteiger charge is -2.34. The number of nitrogens with one attached hydrogen (secondary N) is 1. The second kappa shape index (κ2) is 8.71. The Morgan fingerprint density at radius 1 is 0.892 bits per heavy atom. The van der Waals surface area contributed by atoms with Gasteiger partial charge in [-0.15, -0.1) is 0 Å². The molecule has 1 N–H and O–H groups in total. The van der Waals surface area contributed by atoms with Crippen molar-refractivity contribution in [2.24, 2.45) is 0 Å². The molecule has 0 amide bonds. The number of piperazine rings is 1. The second-order valence-corrected chi connectivity index (χ2v) is 10.2. The average molecular weight is 488 g/mol. The van der Waals surface area contributed by atoms with Crippen LogP contribution < -0.4 is 10.2 Å². The van der Waals surface area contributed by atoms with Crippen LogP contribution in [0.3, 0.4) is 0 Å². The summed E-state index contributed by atoms with van der Waals surface area (Å²) in [4.78, 5) is 18.5. The van der Waals surface area contributed by atoms with Gasteiger partial charge in [0.05, 0.1) is 11.2 Å². The van der Waals surface area contributed by atoms with E-state index in [4.69, 9.17) is 4.98 Å². The Kier molecular flexibility index (Phi) is 5.18. The molecule has 0 aliphatic carbocycles. The van der Waals surface area contributed by atoms with Crippen LogP contribution in [0.25, 0.3) is 27.8 Å². The van der Waals surface area contributed by atoms with Gasteiger partial charge in [-0.05, 0) is 80.6 Å². The first-order chi connectivity index (χ1) is 18.1. The van der Waals surface area contributed by atoms with Gasteiger partial charge in [0.2, 0.25) is 5.95 Å². The van der Waals surface area contributed by atoms with Crippen LogP contribution in [-0.4, -0.2) is 56.6 Å². The fourth-order valence-corrected chi connectivity index (χ4v) is 5.96. The maximum Gasteiger partial charge on any atom is 0.227 e. The average Bonchev–Trinajstić information content (AvgIpc) is 3.63. The van der Waals surface area contributed by atoms with E-state index in [0.29, 0.717) is 18.0 Å². The van der Waals surface area contributed by atoms with Crippen molar-refractivity contribution in [3.8, 4) is 16.9 Å². The molecule has 7 heteroatoms. The molecule has 2 unspecified atom stereocenters. The summed E-state index contributed by atoms with van der Waals surface area (Å²) < 4.78 is 2.17. The smallest absolute Gasteiger partial charge is 0.227 e. The topological polar surface area (TPSA) is 62.1 Å². The van der Waals surface area contributed by atoms with Crippen LogP contribution in [0, 0.1) is 6.92 Å². The molecular formula is C30H29N7. The SMILES string of the molecule is Cc1cc(Nc2nccc(-c3ccc4c(ccn4-c4ccncc4)c3)n2)ccc1N1CC2CC1CN2C. The molecule has 3 aromatic heterocycles. The normalized spacial score (nSPS) is 19.1. The number of hydrogen-bond donors (Lipinski definition) is 1. The Hall–Kier alpha value is -4.23. The summed E-state index contributed by atoms with van der Waals surface area (Å²) in [7, 11) is 2.24. The highest BCUT2D eigenvalue weighted by molar-refractivity contribution is 5.86. The van der Waals surface area contributed by atoms with Crippen LogP contribution in [0.5, 0.6) is 0 Å². The number of aryl methyl sites for hydroxylation is 1. The van der Waals surface area contributed by atoms with E-state index < -0.39 is 0 Å². The number of rotatable bonds is 5. The molecular weight excluding hydrogens is 458 g/mol. The van der Waals surface area contributed by atoms with Crippen LogP contribution >= 0.6 is 0 Å². The summed E-state index contributed by atoms with van der Waals surface area (Å²) in [6.07, 6.45) is 8.81. The second-order valence-electron chi connectivity index (χ2n) is 10.2. The zero-order valence-electron chi connectivity index (χ0n) is 21.0. The summed E-state index contributed by atoms with van der Waals surface area (Å²) in [5.41, 5.74) is 7.82. The van der Waals surface area contributed by atoms with Crippen molar-refractivity contribution in [1.82, 2.24) is 24.4 Å². The van der Waals surface area contributed by atoms with E-state index in [2.05, 4.69) is 92.3 Å². The Bertz CT molecular complexity index is 1590. The van der Waals surface area contributed by atoms with Gasteiger partial charge >= 0.3 is 0 Å². The Morgan fingerprint density at radius 3 is 2.57 bits per heavy atom. The van der Waals surface area contributed by atoms with Crippen LogP contribution in [-0.2, 0) is 0 Å². The van der Waals surface area contributed by atoms with Crippen molar-refractivity contribution in [3.63, 3.8) is 0 Å². The third-order valence-electron chi connectivity index (χ3n) is 7.86. The maximum absolute atomic E-state index is 4.83. The maximum atomic E-state index is 4.83. The third kappa shape index (κ3) is 3.92. The highest BCUT2D eigenvalue weighted by Gasteiger charge is 2.41. The first-order valence-corrected chi connectivity index (χ1v) is 12.8. The molecule has 0 radical (unpaired) electrons. The van der Waals surface area contributed by atoms with E-state index >= 15 is 0 Å². The number of likely N-dealkylation sites (N-methyl/N-ethyl adjacent to an activating group) is 1. The molecule has 184 valence electrons. The minimum atomic E-state index is 0.598. The van der Waals surface area contributed by atoms with Crippen molar-refractivity contribution in [2.75, 3.05) is 30.4 Å². The molecule has 2 bridgehead atoms. The van der Waals surface area contributed by atoms with Gasteiger partial charge in [0.15, 0.2) is 0 Å². The molecule has 2 atom stereocenters. The lowest BCUT2D eigenvalue weighted by Crippen LogP contribution is -2.44. The largest absolute Gasteiger partial charge is 0.365 e. The van der Waals surface area contributed by atoms with Crippen molar-refractivity contribution in [1.29, 1.82) is 0 Å². The number of fused-ring (bicyclic) bond motifs is 3. The van der Waals surface area contributed by atoms with Crippen molar-refractivity contribution in [2.45, 2.75) is 25.4 Å². The van der Waals surface area contributed by atoms with Gasteiger partial charge in [0, 0.05) is 78.0 Å². The predicted octanol–water partition coefficient (Wildman–Crippen LogP) is 5.43. The summed E-state index contributed by atoms with van der Waals surface area (Å²) in [6.45, 7) is 4.47. The molecule has 2 saturated heterocycles. The fourth-order valence-electron chi connectivity index (χ4n) is 5.96. The predicted molar refractivity (Wildman–Crippen MR) is 149 cm³/mol. The number of aromatic nitrogens is 4. The van der Waals surface area contributed by atoms with Crippen LogP contribution in [0.15, 0.2) is 85.5 Å². The third-order valence-corrected chi connectivity index (χ3v) is 7.86. The quantitative estimate of drug-likeness (QED) is 0.357. The molecule has 2 aromatic carbocycles. The van der Waals surface area contributed by atoms with Crippen LogP contribution in [0.4, 0.5) is 17.3 Å². The zero-order chi connectivity index (χ0) is 24.9. The molecule has 2 aliphatic heterocycles. The van der Waals surface area contributed by atoms with Gasteiger partial charge in [0.25, 0.3) is 0 Å². The van der Waals surface area contributed by atoms with E-state index in [-0.39, 0.29) is 0 Å². The molecule has 37 heavy (non-hydrogen) atoms. The van der Waals surface area contributed by atoms with Gasteiger partial charge in [-0.2, -0.15) is 0 Å². The van der Waals surface area contributed by atoms with Gasteiger partial charge in [-0.1, -0.05) is 6.07 Å². The standard InChI is InChI=1S/C30H29N7/c1-20-15-23(4-6-28(20)37-19-25-17-26(37)18-35(25)2)33-30-32-13-9-27(34-30)21-3-5-29-22(16-21)10-14-36(29)24-7-11-31-12-8-24/h3-16,25-26H,17-19H2,1-2H3,(H,32,33,34). The molecule has 7 nitrogen and oxygen atoms in total. The van der Waals surface area contributed by atoms with Gasteiger partial charge in [-0.25, -0.2) is 9.97 Å². The van der Waals surface area contributed by atoms with Gasteiger partial charge in [-0.3, -0.25) is 9.88 Å². The van der Waals surface area contributed by atoms with E-state index in [1.807, 2.05) is 36.8 Å². The lowest BCUT2D eigenvalue weighted by atomic mass is 10.1. The Balaban J connectivity index is 1.12. The monoisotopic (exact) mass is 487 g/mol. The molecule has 2 fully saturated rings. The van der Waals surface area contributed by atoms with Crippen molar-refractivity contribution < 1.29 is 0 Å². The number of hydrogen-bond acceptors (Lipinski definition) is 6. The number of likely N-dealkylation sites (tertiary alicyclic amines) is 1. The fraction of sp³-hybridized carbons (Fsp3) is 0.233. The molecule has 0 saturated carbocycles. The zero-order valence-corrected chi connectivity index (χ0v) is 21.0. The van der Waals surface area contributed by atoms with E-state index in [9.17, 15) is 0 Å². The number of pyridine rings is 1. The summed E-state index contributed by atoms with van der Waals surface area (Å²) in [5.74, 6) is 0.598. The number of anilines is 3. The number of nitrogens with zero attached hydrogens (tertiary/aromatic N) is 6. The molecule has 5 heterocycles. The van der Waals surface area contributed by atoms with Crippen LogP contribution in [0.1, 0.15) is 12.0 Å². The van der Waals surface area contributed by atoms with Crippen molar-refractivity contribution in [3.05, 3.63) is 91.0 Å². The van der Waals surface area contributed by atoms with E-state index in [0.717, 1.165) is 46.6 Å². The van der Waals surface area contributed by atoms with Crippen LogP contribution in [0.2, 0.25) is 0 Å². The molecule has 2 aliphatic rings. The Labute approximate surface area is 216 Å². The first kappa shape index (κ1) is 22.0. The molecule has 7 rings (SSSR count). The summed E-state index contributed by atoms with van der Waals surface area (Å²) >= 11 is 0. The highest BCUT2D eigenvalue weighted by atomic mass is 15.3. The highest BCUT2D eigenvalue weighted by Crippen LogP contribution is 2.36.